The standard InChI is InChI=1S/C18H25N3O2/c22-17(15-2-1-5-19-14-15)21-6-3-18(4-7-21)12-16(13-18)20-8-10-23-11-9-20/h1-2,5,14,16H,3-4,6-13H2. The summed E-state index contributed by atoms with van der Waals surface area (Å²) >= 11 is 0. The van der Waals surface area contributed by atoms with E-state index in [9.17, 15) is 4.79 Å². The Morgan fingerprint density at radius 3 is 2.57 bits per heavy atom. The van der Waals surface area contributed by atoms with E-state index in [1.54, 1.807) is 12.4 Å². The molecule has 0 unspecified atom stereocenters. The molecule has 1 amide bonds. The van der Waals surface area contributed by atoms with Crippen LogP contribution in [0.3, 0.4) is 0 Å². The molecule has 23 heavy (non-hydrogen) atoms. The second kappa shape index (κ2) is 6.21. The Kier molecular flexibility index (Phi) is 4.07. The molecule has 1 saturated carbocycles. The summed E-state index contributed by atoms with van der Waals surface area (Å²) in [7, 11) is 0. The first kappa shape index (κ1) is 15.1. The van der Waals surface area contributed by atoms with Crippen LogP contribution in [-0.2, 0) is 4.74 Å². The fraction of sp³-hybridized carbons (Fsp3) is 0.667. The summed E-state index contributed by atoms with van der Waals surface area (Å²) in [5.74, 6) is 0.136. The molecule has 3 aliphatic rings. The van der Waals surface area contributed by atoms with Crippen molar-refractivity contribution in [3.8, 4) is 0 Å². The first-order valence-corrected chi connectivity index (χ1v) is 8.77. The lowest BCUT2D eigenvalue weighted by Gasteiger charge is -2.55. The van der Waals surface area contributed by atoms with Gasteiger partial charge in [-0.3, -0.25) is 14.7 Å². The third-order valence-corrected chi connectivity index (χ3v) is 5.92. The molecule has 3 heterocycles. The van der Waals surface area contributed by atoms with Gasteiger partial charge in [-0.2, -0.15) is 0 Å². The topological polar surface area (TPSA) is 45.7 Å². The van der Waals surface area contributed by atoms with Crippen LogP contribution in [0.2, 0.25) is 0 Å². The van der Waals surface area contributed by atoms with Crippen LogP contribution in [0.4, 0.5) is 0 Å². The molecule has 0 radical (unpaired) electrons. The van der Waals surface area contributed by atoms with Crippen molar-refractivity contribution in [2.75, 3.05) is 39.4 Å². The third kappa shape index (κ3) is 3.00. The average molecular weight is 315 g/mol. The predicted octanol–water partition coefficient (Wildman–Crippen LogP) is 1.80. The molecule has 5 nitrogen and oxygen atoms in total. The van der Waals surface area contributed by atoms with Crippen molar-refractivity contribution in [2.45, 2.75) is 31.7 Å². The fourth-order valence-corrected chi connectivity index (χ4v) is 4.40. The van der Waals surface area contributed by atoms with Gasteiger partial charge >= 0.3 is 0 Å². The number of ether oxygens (including phenoxy) is 1. The number of nitrogens with zero attached hydrogens (tertiary/aromatic N) is 3. The maximum absolute atomic E-state index is 12.5. The minimum Gasteiger partial charge on any atom is -0.379 e. The zero-order valence-corrected chi connectivity index (χ0v) is 13.6. The number of rotatable bonds is 2. The Morgan fingerprint density at radius 1 is 1.17 bits per heavy atom. The van der Waals surface area contributed by atoms with Crippen LogP contribution in [0.25, 0.3) is 0 Å². The zero-order chi connectivity index (χ0) is 15.7. The van der Waals surface area contributed by atoms with Crippen molar-refractivity contribution in [2.24, 2.45) is 5.41 Å². The van der Waals surface area contributed by atoms with Crippen LogP contribution in [0.15, 0.2) is 24.5 Å². The Bertz CT molecular complexity index is 541. The highest BCUT2D eigenvalue weighted by atomic mass is 16.5. The molecule has 0 bridgehead atoms. The second-order valence-corrected chi connectivity index (χ2v) is 7.24. The van der Waals surface area contributed by atoms with Crippen molar-refractivity contribution in [1.82, 2.24) is 14.8 Å². The average Bonchev–Trinajstić information content (AvgIpc) is 2.61. The van der Waals surface area contributed by atoms with Crippen LogP contribution in [0.1, 0.15) is 36.0 Å². The number of amides is 1. The number of piperidine rings is 1. The Hall–Kier alpha value is -1.46. The SMILES string of the molecule is O=C(c1cccnc1)N1CCC2(CC1)CC(N1CCOCC1)C2. The molecule has 1 spiro atoms. The van der Waals surface area contributed by atoms with Gasteiger partial charge in [-0.05, 0) is 43.2 Å². The van der Waals surface area contributed by atoms with Crippen LogP contribution in [-0.4, -0.2) is 66.1 Å². The van der Waals surface area contributed by atoms with E-state index in [-0.39, 0.29) is 5.91 Å². The predicted molar refractivity (Wildman–Crippen MR) is 87.2 cm³/mol. The molecule has 1 aliphatic carbocycles. The van der Waals surface area contributed by atoms with Gasteiger partial charge in [0.1, 0.15) is 0 Å². The smallest absolute Gasteiger partial charge is 0.255 e. The van der Waals surface area contributed by atoms with Crippen molar-refractivity contribution < 1.29 is 9.53 Å². The molecule has 124 valence electrons. The Morgan fingerprint density at radius 2 is 1.91 bits per heavy atom. The molecule has 2 saturated heterocycles. The minimum absolute atomic E-state index is 0.136. The molecule has 1 aromatic heterocycles. The number of carbonyl (C=O) groups excluding carboxylic acids is 1. The van der Waals surface area contributed by atoms with E-state index in [1.807, 2.05) is 17.0 Å². The molecule has 3 fully saturated rings. The quantitative estimate of drug-likeness (QED) is 0.835. The minimum atomic E-state index is 0.136. The van der Waals surface area contributed by atoms with Crippen LogP contribution < -0.4 is 0 Å². The van der Waals surface area contributed by atoms with Gasteiger partial charge in [-0.15, -0.1) is 0 Å². The first-order chi connectivity index (χ1) is 11.3. The molecule has 4 rings (SSSR count). The van der Waals surface area contributed by atoms with Crippen LogP contribution >= 0.6 is 0 Å². The highest BCUT2D eigenvalue weighted by Gasteiger charge is 2.48. The van der Waals surface area contributed by atoms with E-state index < -0.39 is 0 Å². The summed E-state index contributed by atoms with van der Waals surface area (Å²) in [6, 6.07) is 4.44. The number of carbonyl (C=O) groups is 1. The normalized spacial score (nSPS) is 25.3. The molecule has 0 aromatic carbocycles. The maximum Gasteiger partial charge on any atom is 0.255 e. The highest BCUT2D eigenvalue weighted by Crippen LogP contribution is 2.51. The molecule has 0 atom stereocenters. The first-order valence-electron chi connectivity index (χ1n) is 8.77. The molecule has 2 aliphatic heterocycles. The third-order valence-electron chi connectivity index (χ3n) is 5.92. The zero-order valence-electron chi connectivity index (χ0n) is 13.6. The summed E-state index contributed by atoms with van der Waals surface area (Å²) in [5, 5.41) is 0. The van der Waals surface area contributed by atoms with Gasteiger partial charge in [0, 0.05) is 44.6 Å². The summed E-state index contributed by atoms with van der Waals surface area (Å²) in [5.41, 5.74) is 1.21. The van der Waals surface area contributed by atoms with E-state index >= 15 is 0 Å². The summed E-state index contributed by atoms with van der Waals surface area (Å²) in [6.45, 7) is 5.74. The van der Waals surface area contributed by atoms with E-state index in [4.69, 9.17) is 4.74 Å². The summed E-state index contributed by atoms with van der Waals surface area (Å²) in [4.78, 5) is 21.2. The van der Waals surface area contributed by atoms with Gasteiger partial charge < -0.3 is 9.64 Å². The monoisotopic (exact) mass is 315 g/mol. The van der Waals surface area contributed by atoms with Crippen molar-refractivity contribution in [3.63, 3.8) is 0 Å². The lowest BCUT2D eigenvalue weighted by atomic mass is 9.60. The lowest BCUT2D eigenvalue weighted by molar-refractivity contribution is -0.0703. The van der Waals surface area contributed by atoms with Crippen molar-refractivity contribution in [3.05, 3.63) is 30.1 Å². The number of hydrogen-bond acceptors (Lipinski definition) is 4. The van der Waals surface area contributed by atoms with Gasteiger partial charge in [0.25, 0.3) is 5.91 Å². The second-order valence-electron chi connectivity index (χ2n) is 7.24. The van der Waals surface area contributed by atoms with E-state index in [2.05, 4.69) is 9.88 Å². The Balaban J connectivity index is 1.29. The Labute approximate surface area is 137 Å². The van der Waals surface area contributed by atoms with Gasteiger partial charge in [-0.1, -0.05) is 0 Å². The lowest BCUT2D eigenvalue weighted by Crippen LogP contribution is -2.57. The summed E-state index contributed by atoms with van der Waals surface area (Å²) < 4.78 is 5.45. The number of hydrogen-bond donors (Lipinski definition) is 0. The number of likely N-dealkylation sites (tertiary alicyclic amines) is 1. The maximum atomic E-state index is 12.5. The van der Waals surface area contributed by atoms with Crippen molar-refractivity contribution >= 4 is 5.91 Å². The molecule has 1 aromatic rings. The molecular weight excluding hydrogens is 290 g/mol. The molecule has 0 N–H and O–H groups in total. The molecule has 5 heteroatoms. The largest absolute Gasteiger partial charge is 0.379 e. The highest BCUT2D eigenvalue weighted by molar-refractivity contribution is 5.93. The van der Waals surface area contributed by atoms with Gasteiger partial charge in [0.05, 0.1) is 18.8 Å². The molecular formula is C18H25N3O2. The van der Waals surface area contributed by atoms with Crippen LogP contribution in [0, 0.1) is 5.41 Å². The van der Waals surface area contributed by atoms with Gasteiger partial charge in [0.15, 0.2) is 0 Å². The van der Waals surface area contributed by atoms with Gasteiger partial charge in [0.2, 0.25) is 0 Å². The number of aromatic nitrogens is 1. The summed E-state index contributed by atoms with van der Waals surface area (Å²) in [6.07, 6.45) is 8.30. The van der Waals surface area contributed by atoms with Gasteiger partial charge in [-0.25, -0.2) is 0 Å². The van der Waals surface area contributed by atoms with Crippen LogP contribution in [0.5, 0.6) is 0 Å². The fourth-order valence-electron chi connectivity index (χ4n) is 4.40. The number of pyridine rings is 1. The van der Waals surface area contributed by atoms with Crippen molar-refractivity contribution in [1.29, 1.82) is 0 Å². The van der Waals surface area contributed by atoms with E-state index in [1.165, 1.54) is 12.8 Å². The van der Waals surface area contributed by atoms with E-state index in [0.29, 0.717) is 11.0 Å². The number of morpholine rings is 1. The van der Waals surface area contributed by atoms with E-state index in [0.717, 1.165) is 58.3 Å².